The van der Waals surface area contributed by atoms with Crippen molar-refractivity contribution in [3.63, 3.8) is 0 Å². The molecule has 1 unspecified atom stereocenters. The molecule has 0 saturated carbocycles. The molecule has 1 atom stereocenters. The molecule has 0 saturated heterocycles. The number of hydrogen-bond donors (Lipinski definition) is 2. The van der Waals surface area contributed by atoms with Crippen molar-refractivity contribution < 1.29 is 9.13 Å². The molecular weight excluding hydrogens is 391 g/mol. The first-order valence-corrected chi connectivity index (χ1v) is 8.78. The van der Waals surface area contributed by atoms with E-state index in [9.17, 15) is 4.39 Å². The number of thiocarbonyl (C=S) groups is 1. The highest BCUT2D eigenvalue weighted by atomic mass is 79.9. The van der Waals surface area contributed by atoms with Crippen LogP contribution >= 0.6 is 28.1 Å². The van der Waals surface area contributed by atoms with E-state index in [4.69, 9.17) is 17.0 Å². The molecule has 2 aromatic carbocycles. The lowest BCUT2D eigenvalue weighted by atomic mass is 10.1. The summed E-state index contributed by atoms with van der Waals surface area (Å²) in [6, 6.07) is 10.7. The zero-order chi connectivity index (χ0) is 17.7. The number of rotatable bonds is 5. The lowest BCUT2D eigenvalue weighted by molar-refractivity contribution is 0.287. The third-order valence-electron chi connectivity index (χ3n) is 3.54. The number of nitrogens with one attached hydrogen (secondary N) is 2. The fourth-order valence-corrected chi connectivity index (χ4v) is 2.68. The minimum absolute atomic E-state index is 0.0230. The number of ether oxygens (including phenoxy) is 1. The highest BCUT2D eigenvalue weighted by molar-refractivity contribution is 9.10. The van der Waals surface area contributed by atoms with Gasteiger partial charge in [0.15, 0.2) is 5.11 Å². The van der Waals surface area contributed by atoms with Crippen molar-refractivity contribution in [3.05, 3.63) is 57.8 Å². The summed E-state index contributed by atoms with van der Waals surface area (Å²) in [5.41, 5.74) is 2.75. The van der Waals surface area contributed by atoms with Crippen molar-refractivity contribution in [1.82, 2.24) is 5.32 Å². The van der Waals surface area contributed by atoms with E-state index in [1.165, 1.54) is 17.2 Å². The van der Waals surface area contributed by atoms with Crippen LogP contribution in [0.1, 0.15) is 18.1 Å². The third-order valence-corrected chi connectivity index (χ3v) is 4.25. The lowest BCUT2D eigenvalue weighted by Crippen LogP contribution is -2.39. The lowest BCUT2D eigenvalue weighted by Gasteiger charge is -2.18. The molecule has 0 radical (unpaired) electrons. The van der Waals surface area contributed by atoms with Gasteiger partial charge in [0.2, 0.25) is 0 Å². The molecule has 0 heterocycles. The molecule has 0 aromatic heterocycles. The molecule has 2 N–H and O–H groups in total. The molecule has 0 aliphatic carbocycles. The predicted octanol–water partition coefficient (Wildman–Crippen LogP) is 4.96. The Bertz CT molecular complexity index is 739. The Balaban J connectivity index is 1.83. The first kappa shape index (κ1) is 18.7. The quantitative estimate of drug-likeness (QED) is 0.682. The van der Waals surface area contributed by atoms with E-state index < -0.39 is 0 Å². The summed E-state index contributed by atoms with van der Waals surface area (Å²) in [7, 11) is 0. The standard InChI is InChI=1S/C18H20BrFN2OS/c1-11-4-6-15(8-12(11)2)23-10-13(3)21-18(24)22-17-7-5-14(19)9-16(17)20/h4-9,13H,10H2,1-3H3,(H2,21,22,24). The van der Waals surface area contributed by atoms with Crippen LogP contribution < -0.4 is 15.4 Å². The number of anilines is 1. The molecule has 2 aromatic rings. The van der Waals surface area contributed by atoms with Crippen LogP contribution in [0.25, 0.3) is 0 Å². The van der Waals surface area contributed by atoms with E-state index in [0.29, 0.717) is 21.9 Å². The summed E-state index contributed by atoms with van der Waals surface area (Å²) in [4.78, 5) is 0. The molecule has 0 amide bonds. The minimum Gasteiger partial charge on any atom is -0.491 e. The van der Waals surface area contributed by atoms with E-state index in [-0.39, 0.29) is 11.9 Å². The molecule has 0 spiro atoms. The first-order valence-electron chi connectivity index (χ1n) is 7.58. The van der Waals surface area contributed by atoms with Gasteiger partial charge in [0, 0.05) is 4.47 Å². The Morgan fingerprint density at radius 1 is 1.21 bits per heavy atom. The second-order valence-electron chi connectivity index (χ2n) is 5.68. The zero-order valence-corrected chi connectivity index (χ0v) is 16.2. The first-order chi connectivity index (χ1) is 11.3. The summed E-state index contributed by atoms with van der Waals surface area (Å²) in [6.45, 7) is 6.52. The number of hydrogen-bond acceptors (Lipinski definition) is 2. The van der Waals surface area contributed by atoms with Crippen LogP contribution in [0.15, 0.2) is 40.9 Å². The van der Waals surface area contributed by atoms with Crippen molar-refractivity contribution in [1.29, 1.82) is 0 Å². The van der Waals surface area contributed by atoms with Gasteiger partial charge in [-0.2, -0.15) is 0 Å². The van der Waals surface area contributed by atoms with Crippen LogP contribution in [0.2, 0.25) is 0 Å². The SMILES string of the molecule is Cc1ccc(OCC(C)NC(=S)Nc2ccc(Br)cc2F)cc1C. The highest BCUT2D eigenvalue weighted by Gasteiger charge is 2.08. The minimum atomic E-state index is -0.368. The number of aryl methyl sites for hydroxylation is 2. The number of benzene rings is 2. The Morgan fingerprint density at radius 2 is 1.96 bits per heavy atom. The summed E-state index contributed by atoms with van der Waals surface area (Å²) in [6.07, 6.45) is 0. The number of halogens is 2. The van der Waals surface area contributed by atoms with Crippen LogP contribution in [0.3, 0.4) is 0 Å². The van der Waals surface area contributed by atoms with Crippen molar-refractivity contribution in [2.75, 3.05) is 11.9 Å². The molecule has 6 heteroatoms. The summed E-state index contributed by atoms with van der Waals surface area (Å²) in [5, 5.41) is 6.29. The maximum atomic E-state index is 13.8. The molecule has 3 nitrogen and oxygen atoms in total. The monoisotopic (exact) mass is 410 g/mol. The van der Waals surface area contributed by atoms with Crippen LogP contribution in [0.5, 0.6) is 5.75 Å². The van der Waals surface area contributed by atoms with Crippen LogP contribution in [0, 0.1) is 19.7 Å². The Hall–Kier alpha value is -1.66. The topological polar surface area (TPSA) is 33.3 Å². The van der Waals surface area contributed by atoms with E-state index in [1.807, 2.05) is 25.1 Å². The van der Waals surface area contributed by atoms with Gasteiger partial charge in [-0.15, -0.1) is 0 Å². The second kappa shape index (κ2) is 8.44. The normalized spacial score (nSPS) is 11.7. The molecular formula is C18H20BrFN2OS. The van der Waals surface area contributed by atoms with E-state index in [2.05, 4.69) is 40.4 Å². The Labute approximate surface area is 155 Å². The Morgan fingerprint density at radius 3 is 2.62 bits per heavy atom. The summed E-state index contributed by atoms with van der Waals surface area (Å²) < 4.78 is 20.2. The van der Waals surface area contributed by atoms with Crippen LogP contribution in [-0.4, -0.2) is 17.8 Å². The van der Waals surface area contributed by atoms with Gasteiger partial charge < -0.3 is 15.4 Å². The Kier molecular flexibility index (Phi) is 6.57. The molecule has 0 aliphatic heterocycles. The van der Waals surface area contributed by atoms with Gasteiger partial charge in [-0.05, 0) is 74.4 Å². The molecule has 128 valence electrons. The fourth-order valence-electron chi connectivity index (χ4n) is 2.04. The fraction of sp³-hybridized carbons (Fsp3) is 0.278. The largest absolute Gasteiger partial charge is 0.491 e. The average Bonchev–Trinajstić information content (AvgIpc) is 2.51. The molecule has 0 fully saturated rings. The summed E-state index contributed by atoms with van der Waals surface area (Å²) >= 11 is 8.44. The smallest absolute Gasteiger partial charge is 0.171 e. The average molecular weight is 411 g/mol. The van der Waals surface area contributed by atoms with Crippen molar-refractivity contribution in [2.24, 2.45) is 0 Å². The molecule has 2 rings (SSSR count). The van der Waals surface area contributed by atoms with Gasteiger partial charge in [0.05, 0.1) is 11.7 Å². The summed E-state index contributed by atoms with van der Waals surface area (Å²) in [5.74, 6) is 0.456. The van der Waals surface area contributed by atoms with Gasteiger partial charge in [-0.1, -0.05) is 22.0 Å². The van der Waals surface area contributed by atoms with Crippen molar-refractivity contribution in [2.45, 2.75) is 26.8 Å². The van der Waals surface area contributed by atoms with Crippen LogP contribution in [0.4, 0.5) is 10.1 Å². The second-order valence-corrected chi connectivity index (χ2v) is 7.00. The van der Waals surface area contributed by atoms with E-state index in [0.717, 1.165) is 5.75 Å². The molecule has 0 bridgehead atoms. The van der Waals surface area contributed by atoms with Gasteiger partial charge in [-0.3, -0.25) is 0 Å². The van der Waals surface area contributed by atoms with Crippen LogP contribution in [-0.2, 0) is 0 Å². The van der Waals surface area contributed by atoms with Crippen molar-refractivity contribution in [3.8, 4) is 5.75 Å². The van der Waals surface area contributed by atoms with Crippen molar-refractivity contribution >= 4 is 38.9 Å². The maximum Gasteiger partial charge on any atom is 0.171 e. The van der Waals surface area contributed by atoms with Gasteiger partial charge in [0.1, 0.15) is 18.2 Å². The van der Waals surface area contributed by atoms with E-state index in [1.54, 1.807) is 12.1 Å². The van der Waals surface area contributed by atoms with E-state index >= 15 is 0 Å². The third kappa shape index (κ3) is 5.46. The highest BCUT2D eigenvalue weighted by Crippen LogP contribution is 2.19. The molecule has 24 heavy (non-hydrogen) atoms. The van der Waals surface area contributed by atoms with Gasteiger partial charge in [-0.25, -0.2) is 4.39 Å². The maximum absolute atomic E-state index is 13.8. The molecule has 0 aliphatic rings. The zero-order valence-electron chi connectivity index (χ0n) is 13.8. The van der Waals surface area contributed by atoms with Gasteiger partial charge >= 0.3 is 0 Å². The van der Waals surface area contributed by atoms with Gasteiger partial charge in [0.25, 0.3) is 0 Å². The predicted molar refractivity (Wildman–Crippen MR) is 104 cm³/mol.